The molecule has 1 heterocycles. The molecule has 4 aromatic carbocycles. The molecule has 5 aromatic rings. The lowest BCUT2D eigenvalue weighted by atomic mass is 9.84. The van der Waals surface area contributed by atoms with E-state index in [0.717, 1.165) is 35.2 Å². The Kier molecular flexibility index (Phi) is 3.62. The van der Waals surface area contributed by atoms with Gasteiger partial charge >= 0.3 is 0 Å². The summed E-state index contributed by atoms with van der Waals surface area (Å²) in [6, 6.07) is 24.3. The van der Waals surface area contributed by atoms with Crippen molar-refractivity contribution in [3.05, 3.63) is 124 Å². The molecule has 0 bridgehead atoms. The second-order valence-corrected chi connectivity index (χ2v) is 10.5. The number of pyridine rings is 1. The summed E-state index contributed by atoms with van der Waals surface area (Å²) in [5, 5.41) is 0. The first-order chi connectivity index (χ1) is 20.3. The smallest absolute Gasteiger partial charge is 0.201 e. The molecule has 0 fully saturated rings. The molecule has 0 aliphatic heterocycles. The number of rotatable bonds is 2. The normalized spacial score (nSPS) is 15.9. The van der Waals surface area contributed by atoms with E-state index in [1.165, 1.54) is 44.5 Å². The summed E-state index contributed by atoms with van der Waals surface area (Å²) in [6.45, 7) is -0.816. The molecule has 0 amide bonds. The van der Waals surface area contributed by atoms with E-state index in [1.807, 2.05) is 30.7 Å². The molecule has 1 nitrogen and oxygen atoms in total. The third kappa shape index (κ3) is 3.20. The van der Waals surface area contributed by atoms with Crippen LogP contribution in [0, 0.1) is 27.6 Å². The summed E-state index contributed by atoms with van der Waals surface area (Å²) in [5.41, 5.74) is 15.3. The van der Waals surface area contributed by atoms with Crippen molar-refractivity contribution in [2.24, 2.45) is 7.05 Å². The van der Waals surface area contributed by atoms with Crippen LogP contribution in [0.25, 0.3) is 44.6 Å². The van der Waals surface area contributed by atoms with Gasteiger partial charge in [0.25, 0.3) is 0 Å². The van der Waals surface area contributed by atoms with Gasteiger partial charge < -0.3 is 0 Å². The monoisotopic (exact) mass is 484 g/mol. The predicted octanol–water partition coefficient (Wildman–Crippen LogP) is 8.22. The van der Waals surface area contributed by atoms with Gasteiger partial charge in [0.2, 0.25) is 5.69 Å². The number of hydrogen-bond acceptors (Lipinski definition) is 0. The Bertz CT molecular complexity index is 1980. The van der Waals surface area contributed by atoms with Gasteiger partial charge in [-0.1, -0.05) is 72.3 Å². The molecule has 0 saturated heterocycles. The maximum atomic E-state index is 8.43. The van der Waals surface area contributed by atoms with Gasteiger partial charge in [0.05, 0.1) is 5.56 Å². The van der Waals surface area contributed by atoms with Crippen molar-refractivity contribution >= 4 is 0 Å². The van der Waals surface area contributed by atoms with E-state index in [0.29, 0.717) is 11.1 Å². The largest absolute Gasteiger partial charge is 0.213 e. The van der Waals surface area contributed by atoms with Gasteiger partial charge in [0.1, 0.15) is 7.05 Å². The standard InChI is InChI=1S/C36H32N/c1-21-14-15-27(22(2)16-21)30-19-33(37(5)20-23(30)3)35-24(4)34-28-12-8-6-10-25(28)17-31(34)32-18-26-11-7-9-13-29(26)36(32)35/h6-16,19-20H,17-18H2,1-5H3/q+1/i2D3,3D3. The van der Waals surface area contributed by atoms with Crippen molar-refractivity contribution in [2.45, 2.75) is 40.4 Å². The Hall–Kier alpha value is -3.97. The summed E-state index contributed by atoms with van der Waals surface area (Å²) in [6.07, 6.45) is 3.42. The molecule has 180 valence electrons. The van der Waals surface area contributed by atoms with Crippen LogP contribution in [0.15, 0.2) is 79.0 Å². The van der Waals surface area contributed by atoms with E-state index in [2.05, 4.69) is 55.5 Å². The van der Waals surface area contributed by atoms with Crippen LogP contribution >= 0.6 is 0 Å². The van der Waals surface area contributed by atoms with Crippen LogP contribution in [0.2, 0.25) is 0 Å². The Labute approximate surface area is 228 Å². The van der Waals surface area contributed by atoms with E-state index >= 15 is 0 Å². The molecule has 0 saturated carbocycles. The van der Waals surface area contributed by atoms with E-state index in [-0.39, 0.29) is 11.1 Å². The highest BCUT2D eigenvalue weighted by molar-refractivity contribution is 5.98. The van der Waals surface area contributed by atoms with Crippen LogP contribution in [0.4, 0.5) is 0 Å². The van der Waals surface area contributed by atoms with E-state index in [4.69, 9.17) is 8.22 Å². The second kappa shape index (κ2) is 8.02. The highest BCUT2D eigenvalue weighted by Gasteiger charge is 2.35. The van der Waals surface area contributed by atoms with Crippen molar-refractivity contribution in [1.29, 1.82) is 0 Å². The predicted molar refractivity (Wildman–Crippen MR) is 154 cm³/mol. The first-order valence-corrected chi connectivity index (χ1v) is 12.9. The number of fused-ring (bicyclic) bond motifs is 7. The maximum Gasteiger partial charge on any atom is 0.213 e. The minimum Gasteiger partial charge on any atom is -0.201 e. The highest BCUT2D eigenvalue weighted by Crippen LogP contribution is 2.53. The van der Waals surface area contributed by atoms with Crippen LogP contribution in [0.3, 0.4) is 0 Å². The lowest BCUT2D eigenvalue weighted by Crippen LogP contribution is -2.32. The summed E-state index contributed by atoms with van der Waals surface area (Å²) >= 11 is 0. The van der Waals surface area contributed by atoms with Gasteiger partial charge in [-0.2, -0.15) is 0 Å². The maximum absolute atomic E-state index is 8.43. The molecule has 37 heavy (non-hydrogen) atoms. The first-order valence-electron chi connectivity index (χ1n) is 15.9. The fraction of sp³-hybridized carbons (Fsp3) is 0.194. The van der Waals surface area contributed by atoms with Crippen LogP contribution < -0.4 is 4.57 Å². The van der Waals surface area contributed by atoms with Crippen molar-refractivity contribution in [2.75, 3.05) is 0 Å². The average Bonchev–Trinajstić information content (AvgIpc) is 3.52. The Morgan fingerprint density at radius 2 is 1.30 bits per heavy atom. The van der Waals surface area contributed by atoms with Crippen molar-refractivity contribution in [3.8, 4) is 44.6 Å². The first kappa shape index (κ1) is 16.7. The van der Waals surface area contributed by atoms with Gasteiger partial charge in [-0.05, 0) is 107 Å². The number of benzene rings is 4. The van der Waals surface area contributed by atoms with Crippen molar-refractivity contribution in [3.63, 3.8) is 0 Å². The van der Waals surface area contributed by atoms with Crippen molar-refractivity contribution in [1.82, 2.24) is 0 Å². The van der Waals surface area contributed by atoms with Gasteiger partial charge in [0.15, 0.2) is 6.20 Å². The Morgan fingerprint density at radius 1 is 0.649 bits per heavy atom. The van der Waals surface area contributed by atoms with Gasteiger partial charge in [-0.3, -0.25) is 0 Å². The van der Waals surface area contributed by atoms with Crippen LogP contribution in [-0.4, -0.2) is 0 Å². The fourth-order valence-corrected chi connectivity index (χ4v) is 6.59. The Balaban J connectivity index is 1.60. The molecule has 2 aliphatic rings. The molecule has 0 atom stereocenters. The minimum absolute atomic E-state index is 0.134. The third-order valence-corrected chi connectivity index (χ3v) is 8.27. The van der Waals surface area contributed by atoms with Gasteiger partial charge in [-0.25, -0.2) is 4.57 Å². The number of hydrogen-bond donors (Lipinski definition) is 0. The zero-order valence-electron chi connectivity index (χ0n) is 27.4. The summed E-state index contributed by atoms with van der Waals surface area (Å²) in [4.78, 5) is 0. The van der Waals surface area contributed by atoms with Crippen LogP contribution in [0.1, 0.15) is 52.7 Å². The van der Waals surface area contributed by atoms with E-state index in [9.17, 15) is 0 Å². The molecule has 1 aromatic heterocycles. The summed E-state index contributed by atoms with van der Waals surface area (Å²) < 4.78 is 52.1. The molecule has 2 aliphatic carbocycles. The molecule has 0 unspecified atom stereocenters. The highest BCUT2D eigenvalue weighted by atomic mass is 14.9. The van der Waals surface area contributed by atoms with Gasteiger partial charge in [0, 0.05) is 19.9 Å². The van der Waals surface area contributed by atoms with E-state index in [1.54, 1.807) is 18.3 Å². The summed E-state index contributed by atoms with van der Waals surface area (Å²) in [7, 11) is 1.89. The quantitative estimate of drug-likeness (QED) is 0.218. The van der Waals surface area contributed by atoms with Crippen molar-refractivity contribution < 1.29 is 12.8 Å². The zero-order chi connectivity index (χ0) is 30.4. The number of nitrogens with zero attached hydrogens (tertiary/aromatic N) is 1. The molecule has 0 radical (unpaired) electrons. The van der Waals surface area contributed by atoms with Gasteiger partial charge in [-0.15, -0.1) is 0 Å². The average molecular weight is 485 g/mol. The molecule has 1 heteroatoms. The number of aryl methyl sites for hydroxylation is 4. The molecule has 0 N–H and O–H groups in total. The van der Waals surface area contributed by atoms with Crippen LogP contribution in [0.5, 0.6) is 0 Å². The molecule has 0 spiro atoms. The lowest BCUT2D eigenvalue weighted by Gasteiger charge is -2.19. The summed E-state index contributed by atoms with van der Waals surface area (Å²) in [5.74, 6) is 0. The minimum atomic E-state index is -2.44. The van der Waals surface area contributed by atoms with Crippen LogP contribution in [-0.2, 0) is 19.9 Å². The van der Waals surface area contributed by atoms with E-state index < -0.39 is 13.7 Å². The zero-order valence-corrected chi connectivity index (χ0v) is 21.4. The molecular formula is C36H32N+. The SMILES string of the molecule is [2H]C([2H])([2H])c1cc(C)ccc1-c1cc(-c2c(C)c3c(c4c2-c2ccccc2C4)Cc2ccccc2-3)[n+](C)cc1C([2H])([2H])[2H]. The fourth-order valence-electron chi connectivity index (χ4n) is 6.59. The molecular weight excluding hydrogens is 446 g/mol. The molecule has 7 rings (SSSR count). The Morgan fingerprint density at radius 3 is 2.00 bits per heavy atom. The lowest BCUT2D eigenvalue weighted by molar-refractivity contribution is -0.660. The number of aromatic nitrogens is 1. The second-order valence-electron chi connectivity index (χ2n) is 10.5. The third-order valence-electron chi connectivity index (χ3n) is 8.27. The topological polar surface area (TPSA) is 3.88 Å².